The van der Waals surface area contributed by atoms with Gasteiger partial charge in [-0.25, -0.2) is 4.98 Å². The normalized spacial score (nSPS) is 14.7. The maximum atomic E-state index is 13.4. The summed E-state index contributed by atoms with van der Waals surface area (Å²) in [7, 11) is -1.32. The number of nitrogens with zero attached hydrogens (tertiary/aromatic N) is 3. The van der Waals surface area contributed by atoms with E-state index in [9.17, 15) is 18.0 Å². The van der Waals surface area contributed by atoms with Gasteiger partial charge in [0.15, 0.2) is 5.69 Å². The van der Waals surface area contributed by atoms with Crippen LogP contribution in [0.3, 0.4) is 0 Å². The van der Waals surface area contributed by atoms with Gasteiger partial charge in [0, 0.05) is 38.2 Å². The summed E-state index contributed by atoms with van der Waals surface area (Å²) in [5.41, 5.74) is 0.410. The molecule has 0 amide bonds. The van der Waals surface area contributed by atoms with Gasteiger partial charge in [0.2, 0.25) is 0 Å². The Balaban J connectivity index is 1.44. The van der Waals surface area contributed by atoms with Crippen LogP contribution in [0.1, 0.15) is 25.5 Å². The van der Waals surface area contributed by atoms with E-state index in [0.29, 0.717) is 30.2 Å². The number of carbonyl (C=O) groups excluding carboxylic acids is 1. The van der Waals surface area contributed by atoms with Crippen molar-refractivity contribution in [1.82, 2.24) is 14.5 Å². The van der Waals surface area contributed by atoms with Crippen molar-refractivity contribution in [2.75, 3.05) is 19.8 Å². The molecule has 7 nitrogen and oxygen atoms in total. The standard InChI is InChI=1S/C28H34F3N3O4Si/c1-5-37-26(35)27(12-13-27)18-38-22-9-6-20(7-10-22)23-11-8-21(16-32-23)25-33-24(28(29,30)31)17-34(25)19-36-14-15-39(2,3)4/h6-11,16-17H,5,12-15,18-19H2,1-4H3. The third-order valence-electron chi connectivity index (χ3n) is 6.54. The first-order valence-corrected chi connectivity index (χ1v) is 16.7. The van der Waals surface area contributed by atoms with E-state index in [-0.39, 0.29) is 25.1 Å². The molecule has 0 atom stereocenters. The van der Waals surface area contributed by atoms with Crippen LogP contribution in [-0.4, -0.2) is 48.4 Å². The van der Waals surface area contributed by atoms with Crippen LogP contribution in [0.15, 0.2) is 48.8 Å². The van der Waals surface area contributed by atoms with Gasteiger partial charge in [0.05, 0.1) is 12.3 Å². The molecule has 210 valence electrons. The fourth-order valence-corrected chi connectivity index (χ4v) is 4.66. The van der Waals surface area contributed by atoms with E-state index >= 15 is 0 Å². The predicted molar refractivity (Wildman–Crippen MR) is 144 cm³/mol. The average Bonchev–Trinajstić information content (AvgIpc) is 3.55. The Kier molecular flexibility index (Phi) is 8.50. The third-order valence-corrected chi connectivity index (χ3v) is 8.25. The number of esters is 1. The summed E-state index contributed by atoms with van der Waals surface area (Å²) in [5.74, 6) is 0.558. The van der Waals surface area contributed by atoms with Crippen LogP contribution < -0.4 is 4.74 Å². The second-order valence-electron chi connectivity index (χ2n) is 11.0. The van der Waals surface area contributed by atoms with E-state index in [1.165, 1.54) is 10.8 Å². The molecule has 0 radical (unpaired) electrons. The lowest BCUT2D eigenvalue weighted by atomic mass is 10.1. The van der Waals surface area contributed by atoms with Crippen LogP contribution in [0.25, 0.3) is 22.6 Å². The highest BCUT2D eigenvalue weighted by Crippen LogP contribution is 2.47. The average molecular weight is 562 g/mol. The van der Waals surface area contributed by atoms with Gasteiger partial charge < -0.3 is 18.8 Å². The van der Waals surface area contributed by atoms with Gasteiger partial charge in [-0.2, -0.15) is 13.2 Å². The molecule has 0 spiro atoms. The highest BCUT2D eigenvalue weighted by Gasteiger charge is 2.52. The van der Waals surface area contributed by atoms with Crippen molar-refractivity contribution in [3.05, 3.63) is 54.5 Å². The van der Waals surface area contributed by atoms with Gasteiger partial charge in [-0.05, 0) is 62.2 Å². The summed E-state index contributed by atoms with van der Waals surface area (Å²) in [4.78, 5) is 20.4. The lowest BCUT2D eigenvalue weighted by Gasteiger charge is -2.16. The first kappa shape index (κ1) is 28.8. The number of alkyl halides is 3. The number of halogens is 3. The monoisotopic (exact) mass is 561 g/mol. The zero-order chi connectivity index (χ0) is 28.3. The highest BCUT2D eigenvalue weighted by molar-refractivity contribution is 6.76. The molecule has 0 N–H and O–H groups in total. The number of aromatic nitrogens is 3. The van der Waals surface area contributed by atoms with Crippen LogP contribution in [0.5, 0.6) is 5.75 Å². The number of hydrogen-bond donors (Lipinski definition) is 0. The van der Waals surface area contributed by atoms with Crippen molar-refractivity contribution in [3.8, 4) is 28.4 Å². The number of benzene rings is 1. The number of rotatable bonds is 12. The number of hydrogen-bond acceptors (Lipinski definition) is 6. The second-order valence-corrected chi connectivity index (χ2v) is 16.6. The Labute approximate surface area is 227 Å². The molecule has 0 unspecified atom stereocenters. The molecule has 1 fully saturated rings. The van der Waals surface area contributed by atoms with E-state index < -0.39 is 25.4 Å². The molecule has 1 aliphatic carbocycles. The maximum absolute atomic E-state index is 13.4. The van der Waals surface area contributed by atoms with Crippen LogP contribution in [-0.2, 0) is 27.2 Å². The predicted octanol–water partition coefficient (Wildman–Crippen LogP) is 6.67. The summed E-state index contributed by atoms with van der Waals surface area (Å²) in [6.07, 6.45) is -0.562. The minimum atomic E-state index is -4.56. The lowest BCUT2D eigenvalue weighted by molar-refractivity contribution is -0.151. The SMILES string of the molecule is CCOC(=O)C1(COc2ccc(-c3ccc(-c4nc(C(F)(F)F)cn4COCC[Si](C)(C)C)cn3)cc2)CC1. The maximum Gasteiger partial charge on any atom is 0.434 e. The first-order valence-electron chi connectivity index (χ1n) is 13.0. The van der Waals surface area contributed by atoms with Gasteiger partial charge >= 0.3 is 12.1 Å². The first-order chi connectivity index (χ1) is 18.4. The molecule has 1 saturated carbocycles. The molecule has 11 heteroatoms. The molecule has 1 aliphatic rings. The van der Waals surface area contributed by atoms with E-state index in [1.807, 2.05) is 12.1 Å². The van der Waals surface area contributed by atoms with Crippen molar-refractivity contribution in [2.24, 2.45) is 5.41 Å². The quantitative estimate of drug-likeness (QED) is 0.140. The van der Waals surface area contributed by atoms with Crippen molar-refractivity contribution >= 4 is 14.0 Å². The lowest BCUT2D eigenvalue weighted by Crippen LogP contribution is -2.25. The largest absolute Gasteiger partial charge is 0.492 e. The fourth-order valence-electron chi connectivity index (χ4n) is 3.91. The molecule has 4 rings (SSSR count). The summed E-state index contributed by atoms with van der Waals surface area (Å²) < 4.78 is 58.2. The number of imidazole rings is 1. The van der Waals surface area contributed by atoms with Crippen LogP contribution in [0.2, 0.25) is 25.7 Å². The van der Waals surface area contributed by atoms with E-state index in [4.69, 9.17) is 14.2 Å². The minimum Gasteiger partial charge on any atom is -0.492 e. The molecule has 0 bridgehead atoms. The van der Waals surface area contributed by atoms with Gasteiger partial charge in [-0.3, -0.25) is 9.78 Å². The van der Waals surface area contributed by atoms with E-state index in [1.54, 1.807) is 31.2 Å². The van der Waals surface area contributed by atoms with Crippen molar-refractivity contribution in [1.29, 1.82) is 0 Å². The minimum absolute atomic E-state index is 0.0242. The Bertz CT molecular complexity index is 1270. The number of pyridine rings is 1. The number of ether oxygens (including phenoxy) is 3. The third kappa shape index (κ3) is 7.48. The van der Waals surface area contributed by atoms with Gasteiger partial charge in [0.25, 0.3) is 0 Å². The smallest absolute Gasteiger partial charge is 0.434 e. The Morgan fingerprint density at radius 1 is 1.08 bits per heavy atom. The topological polar surface area (TPSA) is 75.5 Å². The van der Waals surface area contributed by atoms with Crippen LogP contribution in [0, 0.1) is 5.41 Å². The molecule has 39 heavy (non-hydrogen) atoms. The Hall–Kier alpha value is -3.18. The molecule has 0 saturated heterocycles. The molecule has 1 aromatic carbocycles. The summed E-state index contributed by atoms with van der Waals surface area (Å²) in [6.45, 7) is 9.50. The van der Waals surface area contributed by atoms with E-state index in [0.717, 1.165) is 30.6 Å². The molecule has 2 aromatic heterocycles. The highest BCUT2D eigenvalue weighted by atomic mass is 28.3. The molecule has 3 aromatic rings. The summed E-state index contributed by atoms with van der Waals surface area (Å²) in [5, 5.41) is 0. The summed E-state index contributed by atoms with van der Waals surface area (Å²) >= 11 is 0. The Morgan fingerprint density at radius 3 is 2.33 bits per heavy atom. The van der Waals surface area contributed by atoms with Crippen LogP contribution >= 0.6 is 0 Å². The van der Waals surface area contributed by atoms with Gasteiger partial charge in [-0.15, -0.1) is 0 Å². The van der Waals surface area contributed by atoms with Crippen molar-refractivity contribution < 1.29 is 32.2 Å². The number of carbonyl (C=O) groups is 1. The molecular formula is C28H34F3N3O4Si. The zero-order valence-electron chi connectivity index (χ0n) is 22.7. The van der Waals surface area contributed by atoms with Gasteiger partial charge in [0.1, 0.15) is 30.3 Å². The van der Waals surface area contributed by atoms with Gasteiger partial charge in [-0.1, -0.05) is 19.6 Å². The van der Waals surface area contributed by atoms with Crippen molar-refractivity contribution in [3.63, 3.8) is 0 Å². The molecular weight excluding hydrogens is 527 g/mol. The van der Waals surface area contributed by atoms with Crippen molar-refractivity contribution in [2.45, 2.75) is 58.4 Å². The fraction of sp³-hybridized carbons (Fsp3) is 0.464. The van der Waals surface area contributed by atoms with Crippen LogP contribution in [0.4, 0.5) is 13.2 Å². The Morgan fingerprint density at radius 2 is 1.77 bits per heavy atom. The molecule has 0 aliphatic heterocycles. The van der Waals surface area contributed by atoms with E-state index in [2.05, 4.69) is 29.6 Å². The molecule has 2 heterocycles. The zero-order valence-corrected chi connectivity index (χ0v) is 23.7. The second kappa shape index (κ2) is 11.5. The summed E-state index contributed by atoms with van der Waals surface area (Å²) in [6, 6.07) is 11.6.